The molecule has 1 saturated carbocycles. The third-order valence-electron chi connectivity index (χ3n) is 6.75. The van der Waals surface area contributed by atoms with Crippen LogP contribution in [0.15, 0.2) is 17.1 Å². The van der Waals surface area contributed by atoms with Crippen LogP contribution in [0.2, 0.25) is 0 Å². The Morgan fingerprint density at radius 1 is 1.36 bits per heavy atom. The van der Waals surface area contributed by atoms with Crippen molar-refractivity contribution in [1.82, 2.24) is 24.5 Å². The lowest BCUT2D eigenvalue weighted by molar-refractivity contribution is -0.0684. The number of aromatic nitrogens is 5. The topological polar surface area (TPSA) is 128 Å². The van der Waals surface area contributed by atoms with E-state index in [1.807, 2.05) is 27.0 Å². The molecule has 0 radical (unpaired) electrons. The minimum atomic E-state index is -1.29. The van der Waals surface area contributed by atoms with Gasteiger partial charge in [-0.25, -0.2) is 4.39 Å². The molecule has 9 nitrogen and oxygen atoms in total. The van der Waals surface area contributed by atoms with Crippen molar-refractivity contribution in [2.75, 3.05) is 12.8 Å². The number of H-pyrrole nitrogens is 1. The normalized spacial score (nSPS) is 24.3. The van der Waals surface area contributed by atoms with E-state index in [9.17, 15) is 14.4 Å². The number of aromatic amines is 1. The van der Waals surface area contributed by atoms with Gasteiger partial charge in [0.15, 0.2) is 5.82 Å². The summed E-state index contributed by atoms with van der Waals surface area (Å²) >= 11 is 0. The Hall–Kier alpha value is -2.76. The molecule has 2 atom stereocenters. The second-order valence-electron chi connectivity index (χ2n) is 9.20. The Balaban J connectivity index is 1.90. The summed E-state index contributed by atoms with van der Waals surface area (Å²) in [7, 11) is 5.76. The van der Waals surface area contributed by atoms with Gasteiger partial charge in [0, 0.05) is 25.9 Å². The first-order chi connectivity index (χ1) is 15.5. The molecular weight excluding hydrogens is 444 g/mol. The highest BCUT2D eigenvalue weighted by Gasteiger charge is 2.44. The van der Waals surface area contributed by atoms with Crippen molar-refractivity contribution in [3.8, 4) is 17.3 Å². The van der Waals surface area contributed by atoms with E-state index in [1.54, 1.807) is 18.0 Å². The summed E-state index contributed by atoms with van der Waals surface area (Å²) in [5, 5.41) is 20.2. The Morgan fingerprint density at radius 3 is 2.61 bits per heavy atom. The van der Waals surface area contributed by atoms with Crippen LogP contribution in [0.25, 0.3) is 22.2 Å². The van der Waals surface area contributed by atoms with E-state index in [2.05, 4.69) is 25.5 Å². The molecule has 3 aromatic heterocycles. The number of nitrogens with zero attached hydrogens (tertiary/aromatic N) is 5. The fraction of sp³-hybridized carbons (Fsp3) is 0.545. The van der Waals surface area contributed by atoms with E-state index in [0.29, 0.717) is 42.5 Å². The first-order valence-electron chi connectivity index (χ1n) is 10.9. The van der Waals surface area contributed by atoms with Gasteiger partial charge in [-0.1, -0.05) is 23.1 Å². The number of methoxy groups -OCH3 is 1. The Morgan fingerprint density at radius 2 is 2.03 bits per heavy atom. The van der Waals surface area contributed by atoms with Gasteiger partial charge >= 0.3 is 0 Å². The van der Waals surface area contributed by atoms with Crippen molar-refractivity contribution in [3.63, 3.8) is 0 Å². The minimum absolute atomic E-state index is 0.0718. The number of halogens is 1. The van der Waals surface area contributed by atoms with Crippen LogP contribution in [0, 0.1) is 17.2 Å². The third-order valence-corrected chi connectivity index (χ3v) is 7.32. The van der Waals surface area contributed by atoms with Crippen molar-refractivity contribution in [1.29, 1.82) is 5.26 Å². The quantitative estimate of drug-likeness (QED) is 0.547. The zero-order chi connectivity index (χ0) is 24.1. The zero-order valence-corrected chi connectivity index (χ0v) is 20.4. The molecule has 3 N–H and O–H groups in total. The molecule has 3 heterocycles. The maximum absolute atomic E-state index is 14.5. The predicted molar refractivity (Wildman–Crippen MR) is 127 cm³/mol. The summed E-state index contributed by atoms with van der Waals surface area (Å²) in [5.41, 5.74) is 7.42. The van der Waals surface area contributed by atoms with E-state index in [4.69, 9.17) is 15.6 Å². The molecule has 1 aliphatic rings. The summed E-state index contributed by atoms with van der Waals surface area (Å²) < 4.78 is 23.5. The van der Waals surface area contributed by atoms with Gasteiger partial charge in [-0.05, 0) is 37.7 Å². The number of nitrogens with two attached hydrogens (primary N) is 1. The monoisotopic (exact) mass is 473 g/mol. The zero-order valence-electron chi connectivity index (χ0n) is 19.2. The number of fused-ring (bicyclic) bond motifs is 1. The fourth-order valence-electron chi connectivity index (χ4n) is 4.75. The number of nitrogen functional groups attached to an aromatic ring is 1. The van der Waals surface area contributed by atoms with Crippen LogP contribution in [0.3, 0.4) is 0 Å². The van der Waals surface area contributed by atoms with Gasteiger partial charge < -0.3 is 10.5 Å². The standard InChI is InChI=1S/C22H29FN7O2P/c1-12(2)15(10-24)30-11-13(18-17(20(30)31)19(25)27-26-18)14-9-16(29(3)28-14)21(32-4)5-7-22(23,33)8-6-21/h9,11-12,15H,5-8,33H2,1-4H3,(H3,25,26,27). The van der Waals surface area contributed by atoms with E-state index >= 15 is 0 Å². The number of aryl methyl sites for hydroxylation is 1. The molecule has 11 heteroatoms. The van der Waals surface area contributed by atoms with E-state index in [-0.39, 0.29) is 22.7 Å². The van der Waals surface area contributed by atoms with Gasteiger partial charge in [-0.2, -0.15) is 15.5 Å². The summed E-state index contributed by atoms with van der Waals surface area (Å²) in [5.74, 6) is -0.0279. The van der Waals surface area contributed by atoms with Crippen molar-refractivity contribution in [2.24, 2.45) is 13.0 Å². The van der Waals surface area contributed by atoms with Crippen LogP contribution >= 0.6 is 9.24 Å². The van der Waals surface area contributed by atoms with Crippen molar-refractivity contribution >= 4 is 26.0 Å². The number of ether oxygens (including phenoxy) is 1. The molecule has 0 amide bonds. The number of nitriles is 1. The molecule has 0 bridgehead atoms. The number of hydrogen-bond acceptors (Lipinski definition) is 6. The van der Waals surface area contributed by atoms with Crippen molar-refractivity contribution in [3.05, 3.63) is 28.3 Å². The molecule has 1 aliphatic carbocycles. The van der Waals surface area contributed by atoms with Crippen molar-refractivity contribution < 1.29 is 9.13 Å². The molecule has 2 unspecified atom stereocenters. The number of nitrogens with one attached hydrogen (secondary N) is 1. The highest BCUT2D eigenvalue weighted by molar-refractivity contribution is 7.18. The molecular formula is C22H29FN7O2P. The van der Waals surface area contributed by atoms with Crippen LogP contribution in [0.4, 0.5) is 10.2 Å². The number of hydrogen-bond donors (Lipinski definition) is 2. The van der Waals surface area contributed by atoms with E-state index in [0.717, 1.165) is 5.69 Å². The lowest BCUT2D eigenvalue weighted by Gasteiger charge is -2.40. The summed E-state index contributed by atoms with van der Waals surface area (Å²) in [6.07, 6.45) is 3.38. The number of anilines is 1. The lowest BCUT2D eigenvalue weighted by atomic mass is 9.80. The molecule has 0 spiro atoms. The summed E-state index contributed by atoms with van der Waals surface area (Å²) in [6.45, 7) is 3.76. The van der Waals surface area contributed by atoms with Gasteiger partial charge in [0.1, 0.15) is 22.4 Å². The van der Waals surface area contributed by atoms with Gasteiger partial charge in [0.25, 0.3) is 5.56 Å². The average Bonchev–Trinajstić information content (AvgIpc) is 3.34. The van der Waals surface area contributed by atoms with E-state index < -0.39 is 17.1 Å². The second kappa shape index (κ2) is 8.23. The minimum Gasteiger partial charge on any atom is -0.382 e. The molecule has 3 aromatic rings. The molecule has 1 fully saturated rings. The van der Waals surface area contributed by atoms with Gasteiger partial charge in [0.2, 0.25) is 0 Å². The number of rotatable bonds is 5. The molecule has 0 aliphatic heterocycles. The van der Waals surface area contributed by atoms with Gasteiger partial charge in [-0.15, -0.1) is 0 Å². The third kappa shape index (κ3) is 3.83. The summed E-state index contributed by atoms with van der Waals surface area (Å²) in [4.78, 5) is 13.2. The molecule has 176 valence electrons. The van der Waals surface area contributed by atoms with Crippen LogP contribution in [0.5, 0.6) is 0 Å². The maximum Gasteiger partial charge on any atom is 0.264 e. The van der Waals surface area contributed by atoms with E-state index in [1.165, 1.54) is 4.57 Å². The largest absolute Gasteiger partial charge is 0.382 e. The first kappa shape index (κ1) is 23.4. The Kier molecular flexibility index (Phi) is 5.83. The summed E-state index contributed by atoms with van der Waals surface area (Å²) in [6, 6.07) is 3.43. The van der Waals surface area contributed by atoms with Crippen molar-refractivity contribution in [2.45, 2.75) is 56.6 Å². The van der Waals surface area contributed by atoms with Crippen LogP contribution in [-0.2, 0) is 17.4 Å². The van der Waals surface area contributed by atoms with Crippen LogP contribution in [0.1, 0.15) is 51.3 Å². The fourth-order valence-corrected chi connectivity index (χ4v) is 5.04. The van der Waals surface area contributed by atoms with Crippen LogP contribution < -0.4 is 11.3 Å². The Bertz CT molecular complexity index is 1290. The second-order valence-corrected chi connectivity index (χ2v) is 10.2. The molecule has 4 rings (SSSR count). The Labute approximate surface area is 193 Å². The van der Waals surface area contributed by atoms with Gasteiger partial charge in [0.05, 0.1) is 23.0 Å². The average molecular weight is 473 g/mol. The SMILES string of the molecule is COC1(c2cc(-c3cn(C(C#N)C(C)C)c(=O)c4c(N)n[nH]c34)nn2C)CCC(F)(P)CC1. The predicted octanol–water partition coefficient (Wildman–Crippen LogP) is 3.38. The highest BCUT2D eigenvalue weighted by Crippen LogP contribution is 2.48. The molecule has 33 heavy (non-hydrogen) atoms. The maximum atomic E-state index is 14.5. The highest BCUT2D eigenvalue weighted by atomic mass is 31.0. The smallest absolute Gasteiger partial charge is 0.264 e. The number of pyridine rings is 1. The van der Waals surface area contributed by atoms with Crippen LogP contribution in [-0.4, -0.2) is 37.1 Å². The first-order valence-corrected chi connectivity index (χ1v) is 11.5. The van der Waals surface area contributed by atoms with Gasteiger partial charge in [-0.3, -0.25) is 19.1 Å². The lowest BCUT2D eigenvalue weighted by Crippen LogP contribution is -2.38. The number of alkyl halides is 1. The molecule has 0 saturated heterocycles. The molecule has 0 aromatic carbocycles.